The summed E-state index contributed by atoms with van der Waals surface area (Å²) < 4.78 is 0. The topological polar surface area (TPSA) is 6.48 Å². The van der Waals surface area contributed by atoms with Crippen LogP contribution >= 0.6 is 0 Å². The highest BCUT2D eigenvalue weighted by molar-refractivity contribution is 5.99. The Morgan fingerprint density at radius 1 is 0.303 bits per heavy atom. The number of benzene rings is 11. The third kappa shape index (κ3) is 8.02. The van der Waals surface area contributed by atoms with Gasteiger partial charge in [0.15, 0.2) is 0 Å². The van der Waals surface area contributed by atoms with E-state index in [1.807, 2.05) is 0 Å². The van der Waals surface area contributed by atoms with Crippen LogP contribution < -0.4 is 9.80 Å². The molecular weight excluding hydrogens is 797 g/mol. The van der Waals surface area contributed by atoms with Crippen molar-refractivity contribution in [2.24, 2.45) is 0 Å². The molecule has 0 atom stereocenters. The Balaban J connectivity index is 1.16. The van der Waals surface area contributed by atoms with Crippen molar-refractivity contribution in [3.63, 3.8) is 0 Å². The first-order valence-corrected chi connectivity index (χ1v) is 22.8. The van der Waals surface area contributed by atoms with Gasteiger partial charge in [0.05, 0.1) is 11.4 Å². The zero-order valence-corrected chi connectivity index (χ0v) is 37.1. The lowest BCUT2D eigenvalue weighted by molar-refractivity contribution is 1.25. The first-order valence-electron chi connectivity index (χ1n) is 22.8. The number of rotatable bonds is 10. The molecule has 0 radical (unpaired) electrons. The summed E-state index contributed by atoms with van der Waals surface area (Å²) in [6.45, 7) is 4.24. The van der Waals surface area contributed by atoms with Crippen LogP contribution in [-0.2, 0) is 0 Å². The molecule has 0 fully saturated rings. The van der Waals surface area contributed by atoms with Crippen LogP contribution in [0, 0.1) is 6.92 Å². The quantitative estimate of drug-likeness (QED) is 0.127. The molecule has 0 N–H and O–H groups in total. The van der Waals surface area contributed by atoms with Crippen molar-refractivity contribution < 1.29 is 0 Å². The second-order valence-electron chi connectivity index (χ2n) is 17.1. The van der Waals surface area contributed by atoms with Gasteiger partial charge in [-0.05, 0) is 134 Å². The molecule has 11 aromatic rings. The first-order chi connectivity index (χ1) is 32.5. The summed E-state index contributed by atoms with van der Waals surface area (Å²) in [5, 5.41) is 9.60. The highest BCUT2D eigenvalue weighted by Gasteiger charge is 2.23. The Labute approximate surface area is 387 Å². The molecule has 0 aliphatic rings. The number of hydrogen-bond acceptors (Lipinski definition) is 2. The van der Waals surface area contributed by atoms with Crippen molar-refractivity contribution in [1.82, 2.24) is 0 Å². The van der Waals surface area contributed by atoms with Gasteiger partial charge in [-0.3, -0.25) is 0 Å². The van der Waals surface area contributed by atoms with Crippen LogP contribution in [0.3, 0.4) is 0 Å². The lowest BCUT2D eigenvalue weighted by atomic mass is 9.98. The summed E-state index contributed by atoms with van der Waals surface area (Å²) in [4.78, 5) is 4.87. The van der Waals surface area contributed by atoms with E-state index in [9.17, 15) is 0 Å². The van der Waals surface area contributed by atoms with Crippen LogP contribution in [0.5, 0.6) is 0 Å². The average Bonchev–Trinajstić information content (AvgIpc) is 3.37. The summed E-state index contributed by atoms with van der Waals surface area (Å²) in [6.07, 6.45) is 8.96. The number of anilines is 6. The number of allylic oxidation sites excluding steroid dienone is 1. The minimum atomic E-state index is 1.07. The van der Waals surface area contributed by atoms with E-state index in [1.165, 1.54) is 59.8 Å². The van der Waals surface area contributed by atoms with E-state index >= 15 is 0 Å². The molecule has 0 bridgehead atoms. The van der Waals surface area contributed by atoms with Gasteiger partial charge in [-0.1, -0.05) is 200 Å². The van der Waals surface area contributed by atoms with Gasteiger partial charge < -0.3 is 9.80 Å². The normalized spacial score (nSPS) is 11.7. The lowest BCUT2D eigenvalue weighted by Crippen LogP contribution is -2.15. The summed E-state index contributed by atoms with van der Waals surface area (Å²) in [5.41, 5.74) is 13.5. The smallest absolute Gasteiger partial charge is 0.0541 e. The van der Waals surface area contributed by atoms with Gasteiger partial charge in [-0.2, -0.15) is 0 Å². The monoisotopic (exact) mass is 844 g/mol. The van der Waals surface area contributed by atoms with Gasteiger partial charge in [0.2, 0.25) is 0 Å². The largest absolute Gasteiger partial charge is 0.310 e. The van der Waals surface area contributed by atoms with Crippen LogP contribution in [0.25, 0.3) is 72.4 Å². The molecule has 0 aliphatic heterocycles. The standard InChI is InChI=1S/C64H48N2/c1-3-12-57-43-64(66(61-37-33-49-15-6-10-19-55(49)41-61)62-38-34-50-16-7-11-20-56(50)42-62)58(30-25-46-23-28-52(29-24-46)51-26-21-45(2)22-27-51)44-63(57)65(59-35-31-47-13-4-8-17-53(47)39-59)60-36-32-48-14-5-9-18-54(48)40-60/h3-44H,1-2H3/b12-3+,30-25+. The van der Waals surface area contributed by atoms with E-state index in [0.29, 0.717) is 0 Å². The van der Waals surface area contributed by atoms with Crippen LogP contribution in [0.2, 0.25) is 0 Å². The van der Waals surface area contributed by atoms with Crippen molar-refractivity contribution in [2.75, 3.05) is 9.80 Å². The number of fused-ring (bicyclic) bond motifs is 4. The predicted octanol–water partition coefficient (Wildman–Crippen LogP) is 18.4. The Bertz CT molecular complexity index is 3460. The highest BCUT2D eigenvalue weighted by Crippen LogP contribution is 2.46. The van der Waals surface area contributed by atoms with Crippen LogP contribution in [-0.4, -0.2) is 0 Å². The number of aryl methyl sites for hydroxylation is 1. The van der Waals surface area contributed by atoms with E-state index in [0.717, 1.165) is 50.8 Å². The molecule has 0 amide bonds. The third-order valence-electron chi connectivity index (χ3n) is 12.7. The van der Waals surface area contributed by atoms with E-state index in [-0.39, 0.29) is 0 Å². The van der Waals surface area contributed by atoms with E-state index in [1.54, 1.807) is 0 Å². The van der Waals surface area contributed by atoms with Crippen molar-refractivity contribution in [3.8, 4) is 11.1 Å². The zero-order chi connectivity index (χ0) is 44.4. The van der Waals surface area contributed by atoms with Crippen molar-refractivity contribution in [1.29, 1.82) is 0 Å². The fraction of sp³-hybridized carbons (Fsp3) is 0.0312. The molecule has 0 aromatic heterocycles. The summed E-state index contributed by atoms with van der Waals surface area (Å²) in [5.74, 6) is 0. The Morgan fingerprint density at radius 3 is 1.00 bits per heavy atom. The Kier molecular flexibility index (Phi) is 10.8. The summed E-state index contributed by atoms with van der Waals surface area (Å²) in [6, 6.07) is 84.2. The predicted molar refractivity (Wildman–Crippen MR) is 286 cm³/mol. The fourth-order valence-corrected chi connectivity index (χ4v) is 9.28. The molecule has 0 saturated carbocycles. The molecule has 0 unspecified atom stereocenters. The van der Waals surface area contributed by atoms with E-state index in [2.05, 4.69) is 278 Å². The van der Waals surface area contributed by atoms with Crippen molar-refractivity contribution in [3.05, 3.63) is 259 Å². The molecule has 314 valence electrons. The maximum atomic E-state index is 2.44. The molecule has 2 nitrogen and oxygen atoms in total. The minimum Gasteiger partial charge on any atom is -0.310 e. The average molecular weight is 845 g/mol. The third-order valence-corrected chi connectivity index (χ3v) is 12.7. The molecular formula is C64H48N2. The second kappa shape index (κ2) is 17.6. The van der Waals surface area contributed by atoms with Gasteiger partial charge in [0.25, 0.3) is 0 Å². The number of hydrogen-bond donors (Lipinski definition) is 0. The minimum absolute atomic E-state index is 1.07. The van der Waals surface area contributed by atoms with Gasteiger partial charge in [0, 0.05) is 33.9 Å². The van der Waals surface area contributed by atoms with Crippen LogP contribution in [0.1, 0.15) is 29.2 Å². The SMILES string of the molecule is C/C=C/c1cc(N(c2ccc3ccccc3c2)c2ccc3ccccc3c2)c(/C=C/c2ccc(-c3ccc(C)cc3)cc2)cc1N(c1ccc2ccccc2c1)c1ccc2ccccc2c1. The Hall–Kier alpha value is -8.46. The molecule has 11 rings (SSSR count). The second-order valence-corrected chi connectivity index (χ2v) is 17.1. The number of nitrogens with zero attached hydrogens (tertiary/aromatic N) is 2. The van der Waals surface area contributed by atoms with Gasteiger partial charge >= 0.3 is 0 Å². The summed E-state index contributed by atoms with van der Waals surface area (Å²) in [7, 11) is 0. The zero-order valence-electron chi connectivity index (χ0n) is 37.1. The molecule has 0 heterocycles. The molecule has 0 saturated heterocycles. The highest BCUT2D eigenvalue weighted by atomic mass is 15.2. The van der Waals surface area contributed by atoms with E-state index in [4.69, 9.17) is 0 Å². The maximum Gasteiger partial charge on any atom is 0.0541 e. The maximum absolute atomic E-state index is 2.44. The summed E-state index contributed by atoms with van der Waals surface area (Å²) >= 11 is 0. The van der Waals surface area contributed by atoms with Crippen molar-refractivity contribution >= 4 is 95.4 Å². The van der Waals surface area contributed by atoms with Gasteiger partial charge in [-0.15, -0.1) is 0 Å². The van der Waals surface area contributed by atoms with Gasteiger partial charge in [0.1, 0.15) is 0 Å². The fourth-order valence-electron chi connectivity index (χ4n) is 9.28. The van der Waals surface area contributed by atoms with E-state index < -0.39 is 0 Å². The molecule has 0 aliphatic carbocycles. The first kappa shape index (κ1) is 40.3. The Morgan fingerprint density at radius 2 is 0.636 bits per heavy atom. The van der Waals surface area contributed by atoms with Crippen LogP contribution in [0.15, 0.2) is 237 Å². The molecule has 66 heavy (non-hydrogen) atoms. The van der Waals surface area contributed by atoms with Crippen molar-refractivity contribution in [2.45, 2.75) is 13.8 Å². The lowest BCUT2D eigenvalue weighted by Gasteiger charge is -2.32. The van der Waals surface area contributed by atoms with Crippen LogP contribution in [0.4, 0.5) is 34.1 Å². The van der Waals surface area contributed by atoms with Gasteiger partial charge in [-0.25, -0.2) is 0 Å². The molecule has 11 aromatic carbocycles. The molecule has 2 heteroatoms. The molecule has 0 spiro atoms.